The summed E-state index contributed by atoms with van der Waals surface area (Å²) in [7, 11) is 0. The van der Waals surface area contributed by atoms with Crippen LogP contribution in [0.4, 0.5) is 5.69 Å². The fourth-order valence-electron chi connectivity index (χ4n) is 3.24. The van der Waals surface area contributed by atoms with Crippen molar-refractivity contribution in [2.24, 2.45) is 5.73 Å². The molecule has 3 nitrogen and oxygen atoms in total. The smallest absolute Gasteiger partial charge is 0.0755 e. The molecule has 0 spiro atoms. The molecule has 2 heterocycles. The number of nitrogens with zero attached hydrogens (tertiary/aromatic N) is 1. The van der Waals surface area contributed by atoms with Crippen molar-refractivity contribution in [3.63, 3.8) is 0 Å². The first-order chi connectivity index (χ1) is 9.65. The number of fused-ring (bicyclic) bond motifs is 2. The summed E-state index contributed by atoms with van der Waals surface area (Å²) in [5, 5.41) is 0. The lowest BCUT2D eigenvalue weighted by molar-refractivity contribution is 0.0304. The lowest BCUT2D eigenvalue weighted by atomic mass is 10.0. The van der Waals surface area contributed by atoms with Crippen LogP contribution >= 0.6 is 15.9 Å². The Hall–Kier alpha value is -0.580. The number of ether oxygens (including phenoxy) is 1. The summed E-state index contributed by atoms with van der Waals surface area (Å²) in [6, 6.07) is 6.82. The van der Waals surface area contributed by atoms with E-state index in [2.05, 4.69) is 46.0 Å². The van der Waals surface area contributed by atoms with Crippen molar-refractivity contribution in [1.82, 2.24) is 0 Å². The molecule has 20 heavy (non-hydrogen) atoms. The van der Waals surface area contributed by atoms with Gasteiger partial charge in [-0.3, -0.25) is 0 Å². The highest BCUT2D eigenvalue weighted by molar-refractivity contribution is 9.10. The van der Waals surface area contributed by atoms with E-state index in [9.17, 15) is 0 Å². The van der Waals surface area contributed by atoms with Crippen LogP contribution in [0.15, 0.2) is 22.7 Å². The van der Waals surface area contributed by atoms with Crippen molar-refractivity contribution in [1.29, 1.82) is 0 Å². The summed E-state index contributed by atoms with van der Waals surface area (Å²) in [4.78, 5) is 2.49. The van der Waals surface area contributed by atoms with Gasteiger partial charge in [-0.05, 0) is 43.4 Å². The van der Waals surface area contributed by atoms with Crippen LogP contribution in [0.1, 0.15) is 31.7 Å². The molecule has 2 N–H and O–H groups in total. The van der Waals surface area contributed by atoms with Crippen LogP contribution in [-0.4, -0.2) is 31.3 Å². The van der Waals surface area contributed by atoms with E-state index in [0.717, 1.165) is 30.4 Å². The molecule has 0 aliphatic carbocycles. The van der Waals surface area contributed by atoms with Gasteiger partial charge in [0.05, 0.1) is 12.2 Å². The van der Waals surface area contributed by atoms with E-state index in [1.54, 1.807) is 0 Å². The van der Waals surface area contributed by atoms with E-state index >= 15 is 0 Å². The number of halogens is 1. The minimum Gasteiger partial charge on any atom is -0.371 e. The topological polar surface area (TPSA) is 38.5 Å². The Balaban J connectivity index is 1.85. The van der Waals surface area contributed by atoms with Crippen molar-refractivity contribution >= 4 is 21.6 Å². The second kappa shape index (κ2) is 6.04. The first-order valence-corrected chi connectivity index (χ1v) is 8.39. The van der Waals surface area contributed by atoms with Gasteiger partial charge in [-0.25, -0.2) is 0 Å². The standard InChI is InChI=1S/C16H23BrN2O/c1-2-13(18)7-11-3-4-12(17)8-16(11)19-9-14-5-6-15(10-19)20-14/h3-4,8,13-15H,2,5-7,9-10,18H2,1H3. The molecule has 0 saturated carbocycles. The maximum atomic E-state index is 6.15. The molecule has 0 aromatic heterocycles. The number of anilines is 1. The van der Waals surface area contributed by atoms with Crippen LogP contribution in [0.25, 0.3) is 0 Å². The molecule has 3 atom stereocenters. The monoisotopic (exact) mass is 338 g/mol. The van der Waals surface area contributed by atoms with Crippen LogP contribution in [-0.2, 0) is 11.2 Å². The van der Waals surface area contributed by atoms with E-state index < -0.39 is 0 Å². The number of hydrogen-bond donors (Lipinski definition) is 1. The quantitative estimate of drug-likeness (QED) is 0.916. The van der Waals surface area contributed by atoms with E-state index in [0.29, 0.717) is 12.2 Å². The highest BCUT2D eigenvalue weighted by Gasteiger charge is 2.34. The maximum Gasteiger partial charge on any atom is 0.0755 e. The van der Waals surface area contributed by atoms with Gasteiger partial charge in [0.2, 0.25) is 0 Å². The van der Waals surface area contributed by atoms with Crippen molar-refractivity contribution < 1.29 is 4.74 Å². The molecule has 1 aromatic carbocycles. The first-order valence-electron chi connectivity index (χ1n) is 7.60. The second-order valence-electron chi connectivity index (χ2n) is 6.01. The zero-order chi connectivity index (χ0) is 14.1. The summed E-state index contributed by atoms with van der Waals surface area (Å²) < 4.78 is 7.08. The molecule has 1 aromatic rings. The predicted molar refractivity (Wildman–Crippen MR) is 86.2 cm³/mol. The fourth-order valence-corrected chi connectivity index (χ4v) is 3.59. The molecule has 2 fully saturated rings. The average molecular weight is 339 g/mol. The molecule has 3 rings (SSSR count). The van der Waals surface area contributed by atoms with Gasteiger partial charge in [-0.1, -0.05) is 28.9 Å². The lowest BCUT2D eigenvalue weighted by Crippen LogP contribution is -2.43. The first kappa shape index (κ1) is 14.4. The Kier molecular flexibility index (Phi) is 4.34. The molecule has 2 saturated heterocycles. The molecule has 3 unspecified atom stereocenters. The number of hydrogen-bond acceptors (Lipinski definition) is 3. The van der Waals surface area contributed by atoms with Crippen LogP contribution in [0.3, 0.4) is 0 Å². The van der Waals surface area contributed by atoms with E-state index in [4.69, 9.17) is 10.5 Å². The van der Waals surface area contributed by atoms with Crippen molar-refractivity contribution in [2.45, 2.75) is 50.9 Å². The number of rotatable bonds is 4. The Morgan fingerprint density at radius 3 is 2.70 bits per heavy atom. The van der Waals surface area contributed by atoms with Crippen molar-refractivity contribution in [3.8, 4) is 0 Å². The Morgan fingerprint density at radius 2 is 2.05 bits per heavy atom. The Morgan fingerprint density at radius 1 is 1.35 bits per heavy atom. The minimum absolute atomic E-state index is 0.243. The van der Waals surface area contributed by atoms with Gasteiger partial charge < -0.3 is 15.4 Å². The summed E-state index contributed by atoms with van der Waals surface area (Å²) in [5.41, 5.74) is 8.85. The number of benzene rings is 1. The number of morpholine rings is 1. The maximum absolute atomic E-state index is 6.15. The normalized spacial score (nSPS) is 26.9. The molecule has 0 amide bonds. The minimum atomic E-state index is 0.243. The second-order valence-corrected chi connectivity index (χ2v) is 6.92. The Bertz CT molecular complexity index is 468. The molecule has 2 bridgehead atoms. The number of nitrogens with two attached hydrogens (primary N) is 1. The van der Waals surface area contributed by atoms with Crippen LogP contribution < -0.4 is 10.6 Å². The molecule has 4 heteroatoms. The van der Waals surface area contributed by atoms with Crippen LogP contribution in [0.5, 0.6) is 0 Å². The SMILES string of the molecule is CCC(N)Cc1ccc(Br)cc1N1CC2CCC(C1)O2. The lowest BCUT2D eigenvalue weighted by Gasteiger charge is -2.35. The highest BCUT2D eigenvalue weighted by Crippen LogP contribution is 2.33. The average Bonchev–Trinajstić information content (AvgIpc) is 2.79. The molecule has 2 aliphatic heterocycles. The van der Waals surface area contributed by atoms with Gasteiger partial charge in [0.1, 0.15) is 0 Å². The van der Waals surface area contributed by atoms with E-state index in [1.165, 1.54) is 24.1 Å². The highest BCUT2D eigenvalue weighted by atomic mass is 79.9. The van der Waals surface area contributed by atoms with Gasteiger partial charge >= 0.3 is 0 Å². The summed E-state index contributed by atoms with van der Waals surface area (Å²) in [6.45, 7) is 4.18. The fraction of sp³-hybridized carbons (Fsp3) is 0.625. The van der Waals surface area contributed by atoms with Crippen molar-refractivity contribution in [2.75, 3.05) is 18.0 Å². The summed E-state index contributed by atoms with van der Waals surface area (Å²) in [5.74, 6) is 0. The zero-order valence-corrected chi connectivity index (χ0v) is 13.6. The molecular weight excluding hydrogens is 316 g/mol. The van der Waals surface area contributed by atoms with E-state index in [1.807, 2.05) is 0 Å². The zero-order valence-electron chi connectivity index (χ0n) is 12.0. The van der Waals surface area contributed by atoms with Crippen molar-refractivity contribution in [3.05, 3.63) is 28.2 Å². The third-order valence-electron chi connectivity index (χ3n) is 4.44. The largest absolute Gasteiger partial charge is 0.371 e. The van der Waals surface area contributed by atoms with Gasteiger partial charge in [-0.2, -0.15) is 0 Å². The summed E-state index contributed by atoms with van der Waals surface area (Å²) in [6.07, 6.45) is 5.22. The van der Waals surface area contributed by atoms with Crippen LogP contribution in [0.2, 0.25) is 0 Å². The van der Waals surface area contributed by atoms with Gasteiger partial charge in [0, 0.05) is 29.3 Å². The molecular formula is C16H23BrN2O. The predicted octanol–water partition coefficient (Wildman–Crippen LogP) is 3.10. The van der Waals surface area contributed by atoms with Gasteiger partial charge in [-0.15, -0.1) is 0 Å². The molecule has 0 radical (unpaired) electrons. The van der Waals surface area contributed by atoms with E-state index in [-0.39, 0.29) is 6.04 Å². The molecule has 110 valence electrons. The third-order valence-corrected chi connectivity index (χ3v) is 4.93. The van der Waals surface area contributed by atoms with Crippen LogP contribution in [0, 0.1) is 0 Å². The van der Waals surface area contributed by atoms with Gasteiger partial charge in [0.15, 0.2) is 0 Å². The van der Waals surface area contributed by atoms with Gasteiger partial charge in [0.25, 0.3) is 0 Å². The third kappa shape index (κ3) is 3.02. The molecule has 2 aliphatic rings. The summed E-state index contributed by atoms with van der Waals surface area (Å²) >= 11 is 3.60. The Labute approximate surface area is 129 Å².